The molecule has 2 aromatic heterocycles. The summed E-state index contributed by atoms with van der Waals surface area (Å²) in [5.41, 5.74) is 0.982. The van der Waals surface area contributed by atoms with E-state index in [4.69, 9.17) is 4.42 Å². The number of likely N-dealkylation sites (N-methyl/N-ethyl adjacent to an activating group) is 1. The fourth-order valence-corrected chi connectivity index (χ4v) is 1.80. The first-order valence-electron chi connectivity index (χ1n) is 6.58. The molecule has 2 rings (SSSR count). The summed E-state index contributed by atoms with van der Waals surface area (Å²) in [6, 6.07) is 3.90. The molecule has 0 aliphatic carbocycles. The average Bonchev–Trinajstić information content (AvgIpc) is 3.05. The molecule has 0 atom stereocenters. The Hall–Kier alpha value is -1.66. The number of furan rings is 1. The Morgan fingerprint density at radius 2 is 2.37 bits per heavy atom. The van der Waals surface area contributed by atoms with E-state index in [9.17, 15) is 0 Å². The van der Waals surface area contributed by atoms with Crippen molar-refractivity contribution in [1.29, 1.82) is 0 Å². The molecule has 6 nitrogen and oxygen atoms in total. The molecule has 2 aromatic rings. The van der Waals surface area contributed by atoms with Gasteiger partial charge in [0.15, 0.2) is 0 Å². The zero-order valence-electron chi connectivity index (χ0n) is 11.5. The van der Waals surface area contributed by atoms with Crippen molar-refractivity contribution in [1.82, 2.24) is 25.2 Å². The van der Waals surface area contributed by atoms with Crippen LogP contribution >= 0.6 is 0 Å². The fraction of sp³-hybridized carbons (Fsp3) is 0.538. The maximum Gasteiger partial charge on any atom is 0.117 e. The van der Waals surface area contributed by atoms with Gasteiger partial charge < -0.3 is 9.73 Å². The standard InChI is InChI=1S/C13H21N5O/c1-3-14-9-12-10-18(16-15-12)7-6-17(2)11-13-5-4-8-19-13/h4-5,8,10,14H,3,6-7,9,11H2,1-2H3. The minimum Gasteiger partial charge on any atom is -0.468 e. The number of hydrogen-bond donors (Lipinski definition) is 1. The summed E-state index contributed by atoms with van der Waals surface area (Å²) in [7, 11) is 2.07. The molecule has 0 bridgehead atoms. The Labute approximate surface area is 113 Å². The minimum atomic E-state index is 0.777. The third kappa shape index (κ3) is 4.50. The van der Waals surface area contributed by atoms with Crippen LogP contribution < -0.4 is 5.32 Å². The van der Waals surface area contributed by atoms with Crippen LogP contribution in [0, 0.1) is 0 Å². The predicted molar refractivity (Wildman–Crippen MR) is 72.4 cm³/mol. The first kappa shape index (κ1) is 13.8. The quantitative estimate of drug-likeness (QED) is 0.773. The second kappa shape index (κ2) is 7.06. The molecule has 6 heteroatoms. The molecule has 0 aliphatic heterocycles. The molecule has 0 aliphatic rings. The molecular weight excluding hydrogens is 242 g/mol. The topological polar surface area (TPSA) is 59.1 Å². The highest BCUT2D eigenvalue weighted by atomic mass is 16.3. The lowest BCUT2D eigenvalue weighted by Crippen LogP contribution is -2.22. The van der Waals surface area contributed by atoms with E-state index in [0.29, 0.717) is 0 Å². The van der Waals surface area contributed by atoms with Gasteiger partial charge in [0.2, 0.25) is 0 Å². The normalized spacial score (nSPS) is 11.3. The SMILES string of the molecule is CCNCc1cn(CCN(C)Cc2ccco2)nn1. The highest BCUT2D eigenvalue weighted by Gasteiger charge is 2.04. The van der Waals surface area contributed by atoms with Crippen LogP contribution in [0.4, 0.5) is 0 Å². The van der Waals surface area contributed by atoms with Crippen molar-refractivity contribution in [2.24, 2.45) is 0 Å². The van der Waals surface area contributed by atoms with Crippen molar-refractivity contribution >= 4 is 0 Å². The van der Waals surface area contributed by atoms with Gasteiger partial charge in [-0.25, -0.2) is 0 Å². The van der Waals surface area contributed by atoms with Crippen molar-refractivity contribution in [3.8, 4) is 0 Å². The lowest BCUT2D eigenvalue weighted by Gasteiger charge is -2.14. The summed E-state index contributed by atoms with van der Waals surface area (Å²) >= 11 is 0. The van der Waals surface area contributed by atoms with Crippen LogP contribution in [-0.2, 0) is 19.6 Å². The Morgan fingerprint density at radius 1 is 1.47 bits per heavy atom. The van der Waals surface area contributed by atoms with Crippen LogP contribution in [-0.4, -0.2) is 40.0 Å². The second-order valence-electron chi connectivity index (χ2n) is 4.57. The number of nitrogens with one attached hydrogen (secondary N) is 1. The fourth-order valence-electron chi connectivity index (χ4n) is 1.80. The third-order valence-corrected chi connectivity index (χ3v) is 2.86. The molecule has 19 heavy (non-hydrogen) atoms. The summed E-state index contributed by atoms with van der Waals surface area (Å²) in [5, 5.41) is 11.5. The van der Waals surface area contributed by atoms with Crippen molar-refractivity contribution < 1.29 is 4.42 Å². The van der Waals surface area contributed by atoms with E-state index < -0.39 is 0 Å². The number of nitrogens with zero attached hydrogens (tertiary/aromatic N) is 4. The van der Waals surface area contributed by atoms with Gasteiger partial charge in [-0.3, -0.25) is 9.58 Å². The zero-order chi connectivity index (χ0) is 13.5. The van der Waals surface area contributed by atoms with Crippen LogP contribution in [0.25, 0.3) is 0 Å². The number of hydrogen-bond acceptors (Lipinski definition) is 5. The maximum absolute atomic E-state index is 5.32. The highest BCUT2D eigenvalue weighted by Crippen LogP contribution is 2.03. The Balaban J connectivity index is 1.73. The molecule has 0 amide bonds. The number of aromatic nitrogens is 3. The van der Waals surface area contributed by atoms with Crippen LogP contribution in [0.15, 0.2) is 29.0 Å². The van der Waals surface area contributed by atoms with E-state index in [2.05, 4.69) is 34.5 Å². The van der Waals surface area contributed by atoms with Gasteiger partial charge in [0, 0.05) is 19.3 Å². The van der Waals surface area contributed by atoms with Gasteiger partial charge in [-0.05, 0) is 25.7 Å². The lowest BCUT2D eigenvalue weighted by atomic mass is 10.4. The number of rotatable bonds is 8. The summed E-state index contributed by atoms with van der Waals surface area (Å²) < 4.78 is 7.20. The van der Waals surface area contributed by atoms with E-state index in [1.54, 1.807) is 6.26 Å². The van der Waals surface area contributed by atoms with Crippen molar-refractivity contribution in [2.45, 2.75) is 26.6 Å². The van der Waals surface area contributed by atoms with Gasteiger partial charge >= 0.3 is 0 Å². The third-order valence-electron chi connectivity index (χ3n) is 2.86. The molecule has 1 N–H and O–H groups in total. The molecular formula is C13H21N5O. The summed E-state index contributed by atoms with van der Waals surface area (Å²) in [6.45, 7) is 6.35. The van der Waals surface area contributed by atoms with E-state index >= 15 is 0 Å². The van der Waals surface area contributed by atoms with Crippen molar-refractivity contribution in [3.05, 3.63) is 36.0 Å². The molecule has 0 unspecified atom stereocenters. The van der Waals surface area contributed by atoms with Crippen LogP contribution in [0.1, 0.15) is 18.4 Å². The lowest BCUT2D eigenvalue weighted by molar-refractivity contribution is 0.278. The molecule has 0 spiro atoms. The monoisotopic (exact) mass is 263 g/mol. The molecule has 0 saturated heterocycles. The van der Waals surface area contributed by atoms with E-state index in [1.807, 2.05) is 23.0 Å². The van der Waals surface area contributed by atoms with E-state index in [0.717, 1.165) is 44.2 Å². The van der Waals surface area contributed by atoms with Crippen LogP contribution in [0.3, 0.4) is 0 Å². The van der Waals surface area contributed by atoms with Gasteiger partial charge in [0.25, 0.3) is 0 Å². The highest BCUT2D eigenvalue weighted by molar-refractivity contribution is 4.97. The largest absolute Gasteiger partial charge is 0.468 e. The molecule has 0 saturated carbocycles. The minimum absolute atomic E-state index is 0.777. The van der Waals surface area contributed by atoms with Gasteiger partial charge in [-0.2, -0.15) is 0 Å². The van der Waals surface area contributed by atoms with Crippen molar-refractivity contribution in [3.63, 3.8) is 0 Å². The van der Waals surface area contributed by atoms with E-state index in [-0.39, 0.29) is 0 Å². The molecule has 0 radical (unpaired) electrons. The van der Waals surface area contributed by atoms with Crippen LogP contribution in [0.5, 0.6) is 0 Å². The zero-order valence-corrected chi connectivity index (χ0v) is 11.5. The summed E-state index contributed by atoms with van der Waals surface area (Å²) in [4.78, 5) is 2.20. The average molecular weight is 263 g/mol. The second-order valence-corrected chi connectivity index (χ2v) is 4.57. The predicted octanol–water partition coefficient (Wildman–Crippen LogP) is 1.11. The molecule has 0 aromatic carbocycles. The molecule has 2 heterocycles. The van der Waals surface area contributed by atoms with Gasteiger partial charge in [0.1, 0.15) is 5.76 Å². The Kier molecular flexibility index (Phi) is 5.11. The smallest absolute Gasteiger partial charge is 0.117 e. The van der Waals surface area contributed by atoms with Gasteiger partial charge in [-0.1, -0.05) is 12.1 Å². The van der Waals surface area contributed by atoms with Gasteiger partial charge in [-0.15, -0.1) is 5.10 Å². The summed E-state index contributed by atoms with van der Waals surface area (Å²) in [6.07, 6.45) is 3.69. The van der Waals surface area contributed by atoms with Crippen LogP contribution in [0.2, 0.25) is 0 Å². The molecule has 0 fully saturated rings. The maximum atomic E-state index is 5.32. The summed E-state index contributed by atoms with van der Waals surface area (Å²) in [5.74, 6) is 0.980. The first-order valence-corrected chi connectivity index (χ1v) is 6.58. The van der Waals surface area contributed by atoms with Crippen molar-refractivity contribution in [2.75, 3.05) is 20.1 Å². The Bertz CT molecular complexity index is 465. The van der Waals surface area contributed by atoms with E-state index in [1.165, 1.54) is 0 Å². The Morgan fingerprint density at radius 3 is 3.11 bits per heavy atom. The molecule has 104 valence electrons. The first-order chi connectivity index (χ1) is 9.28. The van der Waals surface area contributed by atoms with Gasteiger partial charge in [0.05, 0.1) is 25.0 Å².